The number of nitrogens with zero attached hydrogens (tertiary/aromatic N) is 2. The molecule has 0 aromatic heterocycles. The van der Waals surface area contributed by atoms with Gasteiger partial charge in [0.05, 0.1) is 6.04 Å². The molecular formula is C24H28N3O4. The summed E-state index contributed by atoms with van der Waals surface area (Å²) in [5.41, 5.74) is 7.92. The van der Waals surface area contributed by atoms with Crippen molar-refractivity contribution in [1.82, 2.24) is 9.80 Å². The van der Waals surface area contributed by atoms with Crippen molar-refractivity contribution in [3.05, 3.63) is 65.7 Å². The van der Waals surface area contributed by atoms with Crippen LogP contribution in [0.5, 0.6) is 5.75 Å². The highest BCUT2D eigenvalue weighted by Crippen LogP contribution is 2.22. The molecule has 1 saturated heterocycles. The summed E-state index contributed by atoms with van der Waals surface area (Å²) < 4.78 is 0. The predicted molar refractivity (Wildman–Crippen MR) is 117 cm³/mol. The number of rotatable bonds is 8. The maximum absolute atomic E-state index is 13.2. The van der Waals surface area contributed by atoms with Crippen LogP contribution in [0.25, 0.3) is 0 Å². The second-order valence-electron chi connectivity index (χ2n) is 7.94. The lowest BCUT2D eigenvalue weighted by Gasteiger charge is -2.32. The van der Waals surface area contributed by atoms with Gasteiger partial charge in [0, 0.05) is 20.0 Å². The third-order valence-corrected chi connectivity index (χ3v) is 5.75. The second kappa shape index (κ2) is 10.2. The molecule has 163 valence electrons. The van der Waals surface area contributed by atoms with E-state index in [-0.39, 0.29) is 17.6 Å². The van der Waals surface area contributed by atoms with E-state index in [2.05, 4.69) is 0 Å². The van der Waals surface area contributed by atoms with Crippen LogP contribution in [-0.4, -0.2) is 64.7 Å². The molecule has 3 rings (SSSR count). The van der Waals surface area contributed by atoms with Gasteiger partial charge in [-0.15, -0.1) is 0 Å². The van der Waals surface area contributed by atoms with Gasteiger partial charge in [0.25, 0.3) is 0 Å². The van der Waals surface area contributed by atoms with E-state index >= 15 is 0 Å². The summed E-state index contributed by atoms with van der Waals surface area (Å²) in [6, 6.07) is 13.8. The van der Waals surface area contributed by atoms with Crippen molar-refractivity contribution < 1.29 is 19.5 Å². The number of nitrogens with two attached hydrogens (primary N) is 1. The predicted octanol–water partition coefficient (Wildman–Crippen LogP) is 1.43. The highest BCUT2D eigenvalue weighted by Gasteiger charge is 2.38. The van der Waals surface area contributed by atoms with Gasteiger partial charge in [-0.05, 0) is 42.5 Å². The third kappa shape index (κ3) is 5.49. The molecule has 1 aliphatic heterocycles. The molecule has 7 nitrogen and oxygen atoms in total. The molecule has 0 bridgehead atoms. The lowest BCUT2D eigenvalue weighted by atomic mass is 10.0. The van der Waals surface area contributed by atoms with Crippen LogP contribution in [0.3, 0.4) is 0 Å². The Balaban J connectivity index is 1.66. The van der Waals surface area contributed by atoms with Crippen LogP contribution in [0.15, 0.2) is 54.6 Å². The number of carbonyl (C=O) groups excluding carboxylic acids is 3. The van der Waals surface area contributed by atoms with E-state index in [0.717, 1.165) is 11.1 Å². The Labute approximate surface area is 182 Å². The van der Waals surface area contributed by atoms with Crippen LogP contribution in [0, 0.1) is 0 Å². The summed E-state index contributed by atoms with van der Waals surface area (Å²) in [6.07, 6.45) is 3.89. The van der Waals surface area contributed by atoms with Crippen LogP contribution in [0.1, 0.15) is 24.0 Å². The Morgan fingerprint density at radius 1 is 1.13 bits per heavy atom. The zero-order valence-corrected chi connectivity index (χ0v) is 17.6. The molecule has 2 aromatic carbocycles. The Morgan fingerprint density at radius 3 is 2.42 bits per heavy atom. The molecule has 7 heteroatoms. The number of phenols is 1. The van der Waals surface area contributed by atoms with Gasteiger partial charge < -0.3 is 20.6 Å². The van der Waals surface area contributed by atoms with Gasteiger partial charge in [-0.25, -0.2) is 0 Å². The zero-order chi connectivity index (χ0) is 22.4. The van der Waals surface area contributed by atoms with Gasteiger partial charge in [-0.2, -0.15) is 0 Å². The Kier molecular flexibility index (Phi) is 7.41. The Morgan fingerprint density at radius 2 is 1.77 bits per heavy atom. The monoisotopic (exact) mass is 422 g/mol. The number of amides is 2. The number of carbonyl (C=O) groups is 2. The van der Waals surface area contributed by atoms with Crippen molar-refractivity contribution in [2.75, 3.05) is 13.6 Å². The van der Waals surface area contributed by atoms with Crippen molar-refractivity contribution in [2.45, 2.75) is 43.8 Å². The van der Waals surface area contributed by atoms with Gasteiger partial charge >= 0.3 is 0 Å². The number of likely N-dealkylation sites (N-methyl/N-ethyl adjacent to an activating group) is 1. The summed E-state index contributed by atoms with van der Waals surface area (Å²) in [5, 5.41) is 9.40. The highest BCUT2D eigenvalue weighted by molar-refractivity contribution is 5.91. The lowest BCUT2D eigenvalue weighted by molar-refractivity contribution is -0.144. The average molecular weight is 423 g/mol. The second-order valence-corrected chi connectivity index (χ2v) is 7.94. The molecule has 0 aliphatic carbocycles. The Hall–Kier alpha value is -3.19. The van der Waals surface area contributed by atoms with E-state index in [0.29, 0.717) is 32.2 Å². The normalized spacial score (nSPS) is 17.7. The standard InChI is InChI=1S/C24H28N3O4/c1-26(19(16-28)14-17-6-3-2-4-7-17)24(31)22-8-5-13-27(22)23(30)21(25)15-18-9-11-20(29)12-10-18/h2-4,6-7,9-12,19,21-22,29H,5,8,13-15,25H2,1H3/t19-,21-,22-/m0/s1. The number of phenolic OH excluding ortho intramolecular Hbond substituents is 1. The van der Waals surface area contributed by atoms with Crippen LogP contribution in [-0.2, 0) is 27.2 Å². The summed E-state index contributed by atoms with van der Waals surface area (Å²) in [4.78, 5) is 40.7. The van der Waals surface area contributed by atoms with Crippen LogP contribution >= 0.6 is 0 Å². The van der Waals surface area contributed by atoms with E-state index in [1.165, 1.54) is 9.80 Å². The van der Waals surface area contributed by atoms with Gasteiger partial charge in [0.1, 0.15) is 17.8 Å². The Bertz CT molecular complexity index is 901. The highest BCUT2D eigenvalue weighted by atomic mass is 16.3. The van der Waals surface area contributed by atoms with E-state index in [1.54, 1.807) is 31.3 Å². The number of hydrogen-bond acceptors (Lipinski definition) is 5. The van der Waals surface area contributed by atoms with Gasteiger partial charge in [-0.3, -0.25) is 14.4 Å². The first-order valence-electron chi connectivity index (χ1n) is 10.4. The molecule has 0 spiro atoms. The van der Waals surface area contributed by atoms with Crippen molar-refractivity contribution in [3.63, 3.8) is 0 Å². The lowest BCUT2D eigenvalue weighted by Crippen LogP contribution is -2.54. The minimum absolute atomic E-state index is 0.147. The third-order valence-electron chi connectivity index (χ3n) is 5.75. The van der Waals surface area contributed by atoms with Crippen molar-refractivity contribution in [2.24, 2.45) is 5.73 Å². The quantitative estimate of drug-likeness (QED) is 0.670. The fraction of sp³-hybridized carbons (Fsp3) is 0.375. The molecule has 3 atom stereocenters. The van der Waals surface area contributed by atoms with E-state index in [4.69, 9.17) is 5.73 Å². The molecule has 1 radical (unpaired) electrons. The summed E-state index contributed by atoms with van der Waals surface area (Å²) >= 11 is 0. The summed E-state index contributed by atoms with van der Waals surface area (Å²) in [5.74, 6) is -0.409. The molecule has 2 aromatic rings. The molecule has 3 N–H and O–H groups in total. The summed E-state index contributed by atoms with van der Waals surface area (Å²) in [7, 11) is 1.58. The first-order chi connectivity index (χ1) is 14.9. The number of likely N-dealkylation sites (tertiary alicyclic amines) is 1. The molecule has 31 heavy (non-hydrogen) atoms. The number of benzene rings is 2. The molecule has 1 heterocycles. The van der Waals surface area contributed by atoms with Crippen LogP contribution in [0.4, 0.5) is 0 Å². The first-order valence-corrected chi connectivity index (χ1v) is 10.4. The van der Waals surface area contributed by atoms with E-state index in [1.807, 2.05) is 36.6 Å². The zero-order valence-electron chi connectivity index (χ0n) is 17.6. The maximum atomic E-state index is 13.2. The van der Waals surface area contributed by atoms with Gasteiger partial charge in [0.2, 0.25) is 18.1 Å². The van der Waals surface area contributed by atoms with Gasteiger partial charge in [0.15, 0.2) is 0 Å². The minimum atomic E-state index is -0.791. The smallest absolute Gasteiger partial charge is 0.245 e. The molecular weight excluding hydrogens is 394 g/mol. The molecule has 1 fully saturated rings. The van der Waals surface area contributed by atoms with E-state index in [9.17, 15) is 19.5 Å². The molecule has 1 aliphatic rings. The van der Waals surface area contributed by atoms with Gasteiger partial charge in [-0.1, -0.05) is 42.5 Å². The first kappa shape index (κ1) is 22.5. The molecule has 0 saturated carbocycles. The van der Waals surface area contributed by atoms with Crippen LogP contribution in [0.2, 0.25) is 0 Å². The summed E-state index contributed by atoms with van der Waals surface area (Å²) in [6.45, 7) is 0.459. The topological polar surface area (TPSA) is 104 Å². The van der Waals surface area contributed by atoms with E-state index < -0.39 is 18.1 Å². The minimum Gasteiger partial charge on any atom is -0.508 e. The fourth-order valence-corrected chi connectivity index (χ4v) is 3.96. The van der Waals surface area contributed by atoms with Crippen molar-refractivity contribution in [1.29, 1.82) is 0 Å². The molecule has 0 unspecified atom stereocenters. The number of aromatic hydroxyl groups is 1. The average Bonchev–Trinajstić information content (AvgIpc) is 3.28. The maximum Gasteiger partial charge on any atom is 0.245 e. The fourth-order valence-electron chi connectivity index (χ4n) is 3.96. The van der Waals surface area contributed by atoms with Crippen LogP contribution < -0.4 is 5.73 Å². The van der Waals surface area contributed by atoms with Crippen molar-refractivity contribution in [3.8, 4) is 5.75 Å². The largest absolute Gasteiger partial charge is 0.508 e. The molecule has 2 amide bonds. The SMILES string of the molecule is CN(C(=O)[C@@H]1CCCN1C(=O)[C@@H](N)Cc1ccc(O)cc1)[C@H]([C]=O)Cc1ccccc1. The van der Waals surface area contributed by atoms with Crippen molar-refractivity contribution >= 4 is 18.1 Å². The number of hydrogen-bond donors (Lipinski definition) is 2.